The summed E-state index contributed by atoms with van der Waals surface area (Å²) in [6, 6.07) is 0.666. The van der Waals surface area contributed by atoms with Crippen molar-refractivity contribution in [1.29, 1.82) is 0 Å². The minimum Gasteiger partial charge on any atom is -0.378 e. The SMILES string of the molecule is CCCC(C)NCCCOC1CCCCC1. The smallest absolute Gasteiger partial charge is 0.0575 e. The minimum absolute atomic E-state index is 0.571. The van der Waals surface area contributed by atoms with Crippen molar-refractivity contribution in [2.24, 2.45) is 0 Å². The quantitative estimate of drug-likeness (QED) is 0.641. The summed E-state index contributed by atoms with van der Waals surface area (Å²) in [6.45, 7) is 6.56. The molecule has 0 aliphatic heterocycles. The number of hydrogen-bond acceptors (Lipinski definition) is 2. The van der Waals surface area contributed by atoms with Crippen molar-refractivity contribution >= 4 is 0 Å². The molecule has 1 saturated carbocycles. The minimum atomic E-state index is 0.571. The van der Waals surface area contributed by atoms with Crippen LogP contribution in [0.5, 0.6) is 0 Å². The number of hydrogen-bond donors (Lipinski definition) is 1. The molecule has 0 bridgehead atoms. The van der Waals surface area contributed by atoms with Crippen LogP contribution in [0.2, 0.25) is 0 Å². The fourth-order valence-corrected chi connectivity index (χ4v) is 2.44. The summed E-state index contributed by atoms with van der Waals surface area (Å²) in [5, 5.41) is 3.54. The zero-order valence-corrected chi connectivity index (χ0v) is 11.1. The summed E-state index contributed by atoms with van der Waals surface area (Å²) in [5.74, 6) is 0. The third kappa shape index (κ3) is 6.49. The Hall–Kier alpha value is -0.0800. The maximum atomic E-state index is 5.88. The second-order valence-electron chi connectivity index (χ2n) is 5.13. The zero-order valence-electron chi connectivity index (χ0n) is 11.1. The van der Waals surface area contributed by atoms with Gasteiger partial charge in [-0.2, -0.15) is 0 Å². The van der Waals surface area contributed by atoms with Crippen molar-refractivity contribution < 1.29 is 4.74 Å². The molecule has 1 atom stereocenters. The van der Waals surface area contributed by atoms with Crippen LogP contribution in [0.15, 0.2) is 0 Å². The van der Waals surface area contributed by atoms with Gasteiger partial charge >= 0.3 is 0 Å². The number of nitrogens with one attached hydrogen (secondary N) is 1. The Kier molecular flexibility index (Phi) is 7.87. The molecule has 0 aromatic carbocycles. The highest BCUT2D eigenvalue weighted by Gasteiger charge is 2.12. The predicted octanol–water partition coefficient (Wildman–Crippen LogP) is 3.50. The fourth-order valence-electron chi connectivity index (χ4n) is 2.44. The molecule has 1 unspecified atom stereocenters. The van der Waals surface area contributed by atoms with Crippen LogP contribution in [0.25, 0.3) is 0 Å². The first-order valence-electron chi connectivity index (χ1n) is 7.18. The van der Waals surface area contributed by atoms with Crippen LogP contribution in [0.3, 0.4) is 0 Å². The molecule has 1 aliphatic carbocycles. The Morgan fingerprint density at radius 2 is 2.00 bits per heavy atom. The maximum absolute atomic E-state index is 5.88. The van der Waals surface area contributed by atoms with Gasteiger partial charge in [0.2, 0.25) is 0 Å². The van der Waals surface area contributed by atoms with E-state index in [2.05, 4.69) is 19.2 Å². The zero-order chi connectivity index (χ0) is 11.6. The van der Waals surface area contributed by atoms with Crippen LogP contribution in [0.4, 0.5) is 0 Å². The van der Waals surface area contributed by atoms with Crippen molar-refractivity contribution in [3.63, 3.8) is 0 Å². The van der Waals surface area contributed by atoms with Crippen molar-refractivity contribution in [1.82, 2.24) is 5.32 Å². The van der Waals surface area contributed by atoms with E-state index in [-0.39, 0.29) is 0 Å². The Morgan fingerprint density at radius 1 is 1.25 bits per heavy atom. The lowest BCUT2D eigenvalue weighted by Gasteiger charge is -2.22. The Morgan fingerprint density at radius 3 is 2.69 bits per heavy atom. The molecular weight excluding hydrogens is 198 g/mol. The summed E-state index contributed by atoms with van der Waals surface area (Å²) in [4.78, 5) is 0. The van der Waals surface area contributed by atoms with Crippen LogP contribution in [-0.4, -0.2) is 25.3 Å². The standard InChI is InChI=1S/C14H29NO/c1-3-8-13(2)15-11-7-12-16-14-9-5-4-6-10-14/h13-15H,3-12H2,1-2H3. The van der Waals surface area contributed by atoms with E-state index in [1.165, 1.54) is 44.9 Å². The average Bonchev–Trinajstić information content (AvgIpc) is 2.30. The molecule has 0 saturated heterocycles. The highest BCUT2D eigenvalue weighted by Crippen LogP contribution is 2.20. The molecule has 0 radical (unpaired) electrons. The van der Waals surface area contributed by atoms with Crippen molar-refractivity contribution in [2.45, 2.75) is 77.4 Å². The monoisotopic (exact) mass is 227 g/mol. The first-order valence-corrected chi connectivity index (χ1v) is 7.18. The third-order valence-electron chi connectivity index (χ3n) is 3.44. The van der Waals surface area contributed by atoms with Gasteiger partial charge in [-0.3, -0.25) is 0 Å². The lowest BCUT2D eigenvalue weighted by molar-refractivity contribution is 0.0271. The first kappa shape index (κ1) is 14.0. The van der Waals surface area contributed by atoms with E-state index in [0.29, 0.717) is 12.1 Å². The summed E-state index contributed by atoms with van der Waals surface area (Å²) >= 11 is 0. The van der Waals surface area contributed by atoms with Crippen LogP contribution >= 0.6 is 0 Å². The molecule has 0 aromatic heterocycles. The molecule has 2 heteroatoms. The molecule has 96 valence electrons. The van der Waals surface area contributed by atoms with Crippen LogP contribution in [0.1, 0.15) is 65.2 Å². The fraction of sp³-hybridized carbons (Fsp3) is 1.00. The molecule has 1 rings (SSSR count). The number of rotatable bonds is 8. The Bertz CT molecular complexity index is 155. The summed E-state index contributed by atoms with van der Waals surface area (Å²) in [7, 11) is 0. The van der Waals surface area contributed by atoms with E-state index >= 15 is 0 Å². The first-order chi connectivity index (χ1) is 7.83. The normalized spacial score (nSPS) is 19.9. The molecule has 1 N–H and O–H groups in total. The van der Waals surface area contributed by atoms with Gasteiger partial charge in [-0.1, -0.05) is 32.6 Å². The summed E-state index contributed by atoms with van der Waals surface area (Å²) in [6.07, 6.45) is 11.0. The summed E-state index contributed by atoms with van der Waals surface area (Å²) in [5.41, 5.74) is 0. The van der Waals surface area contributed by atoms with Crippen molar-refractivity contribution in [3.8, 4) is 0 Å². The van der Waals surface area contributed by atoms with Gasteiger partial charge in [-0.25, -0.2) is 0 Å². The highest BCUT2D eigenvalue weighted by atomic mass is 16.5. The Balaban J connectivity index is 1.87. The van der Waals surface area contributed by atoms with E-state index in [9.17, 15) is 0 Å². The Labute approximate surface area is 101 Å². The van der Waals surface area contributed by atoms with Gasteiger partial charge in [0.05, 0.1) is 6.10 Å². The van der Waals surface area contributed by atoms with E-state index < -0.39 is 0 Å². The second-order valence-corrected chi connectivity index (χ2v) is 5.13. The molecule has 1 fully saturated rings. The molecule has 0 amide bonds. The largest absolute Gasteiger partial charge is 0.378 e. The van der Waals surface area contributed by atoms with E-state index in [0.717, 1.165) is 19.6 Å². The molecule has 1 aliphatic rings. The average molecular weight is 227 g/mol. The molecule has 16 heavy (non-hydrogen) atoms. The molecule has 0 aromatic rings. The van der Waals surface area contributed by atoms with Crippen LogP contribution < -0.4 is 5.32 Å². The maximum Gasteiger partial charge on any atom is 0.0575 e. The van der Waals surface area contributed by atoms with Gasteiger partial charge < -0.3 is 10.1 Å². The third-order valence-corrected chi connectivity index (χ3v) is 3.44. The highest BCUT2D eigenvalue weighted by molar-refractivity contribution is 4.65. The van der Waals surface area contributed by atoms with Crippen LogP contribution in [0, 0.1) is 0 Å². The van der Waals surface area contributed by atoms with Gasteiger partial charge in [-0.05, 0) is 39.2 Å². The summed E-state index contributed by atoms with van der Waals surface area (Å²) < 4.78 is 5.88. The van der Waals surface area contributed by atoms with E-state index in [1.54, 1.807) is 0 Å². The lowest BCUT2D eigenvalue weighted by atomic mass is 9.98. The molecule has 0 spiro atoms. The van der Waals surface area contributed by atoms with Gasteiger partial charge in [0.25, 0.3) is 0 Å². The van der Waals surface area contributed by atoms with Crippen LogP contribution in [-0.2, 0) is 4.74 Å². The molecular formula is C14H29NO. The van der Waals surface area contributed by atoms with E-state index in [1.807, 2.05) is 0 Å². The van der Waals surface area contributed by atoms with Gasteiger partial charge in [-0.15, -0.1) is 0 Å². The van der Waals surface area contributed by atoms with Crippen molar-refractivity contribution in [2.75, 3.05) is 13.2 Å². The predicted molar refractivity (Wildman–Crippen MR) is 69.8 cm³/mol. The number of ether oxygens (including phenoxy) is 1. The molecule has 2 nitrogen and oxygen atoms in total. The van der Waals surface area contributed by atoms with Gasteiger partial charge in [0.1, 0.15) is 0 Å². The molecule has 0 heterocycles. The van der Waals surface area contributed by atoms with Gasteiger partial charge in [0.15, 0.2) is 0 Å². The lowest BCUT2D eigenvalue weighted by Crippen LogP contribution is -2.28. The second kappa shape index (κ2) is 9.00. The topological polar surface area (TPSA) is 21.3 Å². The van der Waals surface area contributed by atoms with E-state index in [4.69, 9.17) is 4.74 Å². The van der Waals surface area contributed by atoms with Crippen molar-refractivity contribution in [3.05, 3.63) is 0 Å². The van der Waals surface area contributed by atoms with Gasteiger partial charge in [0, 0.05) is 12.6 Å².